The third-order valence-electron chi connectivity index (χ3n) is 2.63. The fraction of sp³-hybridized carbons (Fsp3) is 0.133. The molecule has 1 aromatic carbocycles. The molecule has 0 bridgehead atoms. The van der Waals surface area contributed by atoms with Crippen LogP contribution in [0.5, 0.6) is 5.75 Å². The van der Waals surface area contributed by atoms with Crippen molar-refractivity contribution in [1.82, 2.24) is 10.3 Å². The number of nitrogens with one attached hydrogen (secondary N) is 2. The van der Waals surface area contributed by atoms with Gasteiger partial charge < -0.3 is 10.1 Å². The van der Waals surface area contributed by atoms with Gasteiger partial charge in [-0.15, -0.1) is 0 Å². The van der Waals surface area contributed by atoms with Crippen LogP contribution in [0.15, 0.2) is 47.1 Å². The number of benzene rings is 1. The van der Waals surface area contributed by atoms with Crippen molar-refractivity contribution in [3.63, 3.8) is 0 Å². The molecule has 2 rings (SSSR count). The lowest BCUT2D eigenvalue weighted by Crippen LogP contribution is -2.34. The van der Waals surface area contributed by atoms with Gasteiger partial charge in [-0.25, -0.2) is 4.98 Å². The first-order valence-corrected chi connectivity index (χ1v) is 7.76. The number of carbonyl (C=O) groups excluding carboxylic acids is 1. The van der Waals surface area contributed by atoms with Crippen molar-refractivity contribution in [2.45, 2.75) is 6.92 Å². The minimum atomic E-state index is -0.308. The predicted octanol–water partition coefficient (Wildman–Crippen LogP) is 3.37. The van der Waals surface area contributed by atoms with Gasteiger partial charge in [0, 0.05) is 11.8 Å². The standard InChI is InChI=1S/C15H14BrN3O2S/c1-2-21-12-7-6-10(9-11(12)16)14(20)19-15(22)18-13-5-3-4-8-17-13/h3-9H,2H2,1H3,(H2,17,18,19,20,22). The number of anilines is 1. The minimum absolute atomic E-state index is 0.189. The van der Waals surface area contributed by atoms with Crippen molar-refractivity contribution in [3.05, 3.63) is 52.6 Å². The smallest absolute Gasteiger partial charge is 0.257 e. The fourth-order valence-electron chi connectivity index (χ4n) is 1.67. The Kier molecular flexibility index (Phi) is 5.85. The van der Waals surface area contributed by atoms with Crippen LogP contribution < -0.4 is 15.4 Å². The van der Waals surface area contributed by atoms with Crippen LogP contribution in [0.3, 0.4) is 0 Å². The normalized spacial score (nSPS) is 9.91. The van der Waals surface area contributed by atoms with Crippen molar-refractivity contribution in [2.24, 2.45) is 0 Å². The summed E-state index contributed by atoms with van der Waals surface area (Å²) in [4.78, 5) is 16.2. The number of rotatable bonds is 4. The summed E-state index contributed by atoms with van der Waals surface area (Å²) in [7, 11) is 0. The number of thiocarbonyl (C=S) groups is 1. The molecule has 0 aliphatic rings. The second-order valence-corrected chi connectivity index (χ2v) is 5.46. The van der Waals surface area contributed by atoms with Gasteiger partial charge in [0.1, 0.15) is 11.6 Å². The number of hydrogen-bond donors (Lipinski definition) is 2. The number of nitrogens with zero attached hydrogens (tertiary/aromatic N) is 1. The van der Waals surface area contributed by atoms with Crippen LogP contribution in [0, 0.1) is 0 Å². The number of aromatic nitrogens is 1. The maximum absolute atomic E-state index is 12.1. The SMILES string of the molecule is CCOc1ccc(C(=O)NC(=S)Nc2ccccn2)cc1Br. The van der Waals surface area contributed by atoms with Crippen LogP contribution in [-0.2, 0) is 0 Å². The van der Waals surface area contributed by atoms with Crippen molar-refractivity contribution in [2.75, 3.05) is 11.9 Å². The Balaban J connectivity index is 2.00. The van der Waals surface area contributed by atoms with Gasteiger partial charge in [-0.2, -0.15) is 0 Å². The van der Waals surface area contributed by atoms with Gasteiger partial charge in [0.15, 0.2) is 5.11 Å². The van der Waals surface area contributed by atoms with Crippen molar-refractivity contribution < 1.29 is 9.53 Å². The fourth-order valence-corrected chi connectivity index (χ4v) is 2.36. The lowest BCUT2D eigenvalue weighted by Gasteiger charge is -2.10. The highest BCUT2D eigenvalue weighted by Gasteiger charge is 2.11. The summed E-state index contributed by atoms with van der Waals surface area (Å²) in [6.07, 6.45) is 1.64. The van der Waals surface area contributed by atoms with Gasteiger partial charge in [0.2, 0.25) is 0 Å². The summed E-state index contributed by atoms with van der Waals surface area (Å²) in [6, 6.07) is 10.5. The predicted molar refractivity (Wildman–Crippen MR) is 93.2 cm³/mol. The van der Waals surface area contributed by atoms with Gasteiger partial charge in [0.05, 0.1) is 11.1 Å². The molecule has 0 atom stereocenters. The third kappa shape index (κ3) is 4.51. The lowest BCUT2D eigenvalue weighted by atomic mass is 10.2. The summed E-state index contributed by atoms with van der Waals surface area (Å²) >= 11 is 8.47. The zero-order valence-corrected chi connectivity index (χ0v) is 14.2. The second-order valence-electron chi connectivity index (χ2n) is 4.20. The number of amides is 1. The van der Waals surface area contributed by atoms with Crippen molar-refractivity contribution in [1.29, 1.82) is 0 Å². The molecular formula is C15H14BrN3O2S. The molecule has 0 saturated heterocycles. The molecule has 2 N–H and O–H groups in total. The van der Waals surface area contributed by atoms with Crippen LogP contribution in [0.2, 0.25) is 0 Å². The summed E-state index contributed by atoms with van der Waals surface area (Å²) in [5.41, 5.74) is 0.473. The second kappa shape index (κ2) is 7.86. The Morgan fingerprint density at radius 2 is 2.18 bits per heavy atom. The maximum Gasteiger partial charge on any atom is 0.257 e. The van der Waals surface area contributed by atoms with E-state index in [1.54, 1.807) is 36.5 Å². The first-order chi connectivity index (χ1) is 10.6. The lowest BCUT2D eigenvalue weighted by molar-refractivity contribution is 0.0977. The van der Waals surface area contributed by atoms with E-state index in [0.717, 1.165) is 0 Å². The molecule has 1 amide bonds. The van der Waals surface area contributed by atoms with E-state index in [-0.39, 0.29) is 11.0 Å². The van der Waals surface area contributed by atoms with Crippen LogP contribution in [0.4, 0.5) is 5.82 Å². The van der Waals surface area contributed by atoms with Gasteiger partial charge in [0.25, 0.3) is 5.91 Å². The zero-order chi connectivity index (χ0) is 15.9. The minimum Gasteiger partial charge on any atom is -0.493 e. The highest BCUT2D eigenvalue weighted by molar-refractivity contribution is 9.10. The molecule has 0 unspecified atom stereocenters. The van der Waals surface area contributed by atoms with E-state index in [0.29, 0.717) is 28.2 Å². The first kappa shape index (κ1) is 16.4. The summed E-state index contributed by atoms with van der Waals surface area (Å²) in [5, 5.41) is 5.63. The van der Waals surface area contributed by atoms with E-state index in [4.69, 9.17) is 17.0 Å². The van der Waals surface area contributed by atoms with E-state index in [9.17, 15) is 4.79 Å². The monoisotopic (exact) mass is 379 g/mol. The average molecular weight is 380 g/mol. The third-order valence-corrected chi connectivity index (χ3v) is 3.45. The number of hydrogen-bond acceptors (Lipinski definition) is 4. The van der Waals surface area contributed by atoms with Crippen LogP contribution in [0.25, 0.3) is 0 Å². The van der Waals surface area contributed by atoms with Gasteiger partial charge in [-0.3, -0.25) is 10.1 Å². The molecule has 0 spiro atoms. The summed E-state index contributed by atoms with van der Waals surface area (Å²) in [6.45, 7) is 2.46. The Bertz CT molecular complexity index is 680. The molecule has 22 heavy (non-hydrogen) atoms. The summed E-state index contributed by atoms with van der Waals surface area (Å²) in [5.74, 6) is 0.950. The highest BCUT2D eigenvalue weighted by Crippen LogP contribution is 2.25. The molecule has 0 fully saturated rings. The molecule has 7 heteroatoms. The number of pyridine rings is 1. The molecule has 0 radical (unpaired) electrons. The molecule has 1 heterocycles. The maximum atomic E-state index is 12.1. The van der Waals surface area contributed by atoms with Crippen LogP contribution >= 0.6 is 28.1 Å². The molecule has 0 aliphatic heterocycles. The molecule has 2 aromatic rings. The van der Waals surface area contributed by atoms with Crippen LogP contribution in [-0.4, -0.2) is 22.6 Å². The molecular weight excluding hydrogens is 366 g/mol. The van der Waals surface area contributed by atoms with E-state index in [2.05, 4.69) is 31.5 Å². The van der Waals surface area contributed by atoms with Crippen molar-refractivity contribution in [3.8, 4) is 5.75 Å². The van der Waals surface area contributed by atoms with Gasteiger partial charge >= 0.3 is 0 Å². The molecule has 0 aliphatic carbocycles. The highest BCUT2D eigenvalue weighted by atomic mass is 79.9. The average Bonchev–Trinajstić information content (AvgIpc) is 2.50. The first-order valence-electron chi connectivity index (χ1n) is 6.56. The largest absolute Gasteiger partial charge is 0.493 e. The molecule has 1 aromatic heterocycles. The van der Waals surface area contributed by atoms with E-state index < -0.39 is 0 Å². The molecule has 0 saturated carbocycles. The Hall–Kier alpha value is -1.99. The van der Waals surface area contributed by atoms with E-state index in [1.807, 2.05) is 13.0 Å². The Labute approximate surface area is 142 Å². The number of halogens is 1. The quantitative estimate of drug-likeness (QED) is 0.797. The summed E-state index contributed by atoms with van der Waals surface area (Å²) < 4.78 is 6.12. The van der Waals surface area contributed by atoms with Crippen molar-refractivity contribution >= 4 is 45.0 Å². The van der Waals surface area contributed by atoms with Gasteiger partial charge in [-0.1, -0.05) is 6.07 Å². The Morgan fingerprint density at radius 3 is 2.82 bits per heavy atom. The van der Waals surface area contributed by atoms with Gasteiger partial charge in [-0.05, 0) is 65.4 Å². The molecule has 5 nitrogen and oxygen atoms in total. The number of ether oxygens (including phenoxy) is 1. The van der Waals surface area contributed by atoms with E-state index in [1.165, 1.54) is 0 Å². The van der Waals surface area contributed by atoms with E-state index >= 15 is 0 Å². The molecule has 114 valence electrons. The zero-order valence-electron chi connectivity index (χ0n) is 11.8. The Morgan fingerprint density at radius 1 is 1.36 bits per heavy atom. The topological polar surface area (TPSA) is 63.2 Å². The van der Waals surface area contributed by atoms with Crippen LogP contribution in [0.1, 0.15) is 17.3 Å². The number of carbonyl (C=O) groups is 1.